The fourth-order valence-electron chi connectivity index (χ4n) is 3.08. The maximum Gasteiger partial charge on any atom is 0.271 e. The van der Waals surface area contributed by atoms with Crippen LogP contribution in [-0.4, -0.2) is 40.4 Å². The minimum atomic E-state index is -0.944. The molecule has 11 heteroatoms. The number of aliphatic imine (C=N–C) groups is 2. The van der Waals surface area contributed by atoms with E-state index in [9.17, 15) is 14.4 Å². The topological polar surface area (TPSA) is 165 Å². The van der Waals surface area contributed by atoms with Gasteiger partial charge in [-0.15, -0.1) is 0 Å². The summed E-state index contributed by atoms with van der Waals surface area (Å²) in [5, 5.41) is 5.78. The van der Waals surface area contributed by atoms with Crippen LogP contribution in [-0.2, 0) is 22.4 Å². The molecule has 0 bridgehead atoms. The third-order valence-corrected chi connectivity index (χ3v) is 5.80. The summed E-state index contributed by atoms with van der Waals surface area (Å²) >= 11 is 1.08. The van der Waals surface area contributed by atoms with Crippen molar-refractivity contribution in [2.45, 2.75) is 45.1 Å². The second kappa shape index (κ2) is 9.69. The number of thiazole rings is 1. The van der Waals surface area contributed by atoms with Crippen LogP contribution in [0, 0.1) is 0 Å². The normalized spacial score (nSPS) is 14.1. The van der Waals surface area contributed by atoms with Crippen LogP contribution in [0.25, 0.3) is 0 Å². The number of hydrogen-bond acceptors (Lipinski definition) is 6. The number of nitrogens with zero attached hydrogens (tertiary/aromatic N) is 3. The highest BCUT2D eigenvalue weighted by molar-refractivity contribution is 7.17. The Morgan fingerprint density at radius 1 is 1.19 bits per heavy atom. The first kappa shape index (κ1) is 23.1. The molecule has 10 nitrogen and oxygen atoms in total. The van der Waals surface area contributed by atoms with Crippen LogP contribution in [0.4, 0.5) is 10.8 Å². The molecule has 0 radical (unpaired) electrons. The van der Waals surface area contributed by atoms with Crippen molar-refractivity contribution in [2.75, 3.05) is 5.32 Å². The molecule has 6 N–H and O–H groups in total. The standard InChI is InChI=1S/C21H25N7O3S/c1-3-24-18(31)21(10-11-21)28-17(30)16-15(27-20(32-16)25-12(2)29)9-6-13-4-7-14(8-5-13)26-19(22)23/h3-5,7-8H,6,9-11H2,1-2H3,(H,28,30)(H4,22,23,26)(H,25,27,29). The van der Waals surface area contributed by atoms with Crippen LogP contribution < -0.4 is 22.1 Å². The average molecular weight is 456 g/mol. The number of nitrogens with one attached hydrogen (secondary N) is 2. The van der Waals surface area contributed by atoms with Crippen LogP contribution in [0.1, 0.15) is 47.6 Å². The first-order valence-corrected chi connectivity index (χ1v) is 10.9. The largest absolute Gasteiger partial charge is 0.370 e. The Kier molecular flexibility index (Phi) is 6.98. The lowest BCUT2D eigenvalue weighted by atomic mass is 10.1. The molecule has 0 atom stereocenters. The van der Waals surface area contributed by atoms with Crippen molar-refractivity contribution in [1.29, 1.82) is 0 Å². The third kappa shape index (κ3) is 5.76. The number of benzene rings is 1. The van der Waals surface area contributed by atoms with Crippen molar-refractivity contribution in [3.05, 3.63) is 40.4 Å². The monoisotopic (exact) mass is 455 g/mol. The zero-order valence-electron chi connectivity index (χ0n) is 17.8. The number of carbonyl (C=O) groups is 3. The van der Waals surface area contributed by atoms with Gasteiger partial charge in [0.25, 0.3) is 11.8 Å². The number of amides is 3. The number of nitrogens with two attached hydrogens (primary N) is 2. The van der Waals surface area contributed by atoms with Crippen molar-refractivity contribution in [3.63, 3.8) is 0 Å². The number of carbonyl (C=O) groups excluding carboxylic acids is 3. The van der Waals surface area contributed by atoms with Gasteiger partial charge in [-0.1, -0.05) is 23.5 Å². The molecule has 1 heterocycles. The molecule has 1 saturated carbocycles. The van der Waals surface area contributed by atoms with Crippen LogP contribution in [0.3, 0.4) is 0 Å². The predicted octanol–water partition coefficient (Wildman–Crippen LogP) is 1.67. The van der Waals surface area contributed by atoms with Gasteiger partial charge in [0.1, 0.15) is 10.4 Å². The van der Waals surface area contributed by atoms with E-state index in [1.165, 1.54) is 13.1 Å². The zero-order valence-corrected chi connectivity index (χ0v) is 18.7. The first-order chi connectivity index (χ1) is 15.2. The molecule has 168 valence electrons. The number of aryl methyl sites for hydroxylation is 2. The number of anilines is 1. The molecule has 1 aliphatic carbocycles. The van der Waals surface area contributed by atoms with Crippen molar-refractivity contribution in [2.24, 2.45) is 21.5 Å². The molecule has 3 amide bonds. The van der Waals surface area contributed by atoms with E-state index in [0.29, 0.717) is 47.1 Å². The lowest BCUT2D eigenvalue weighted by Crippen LogP contribution is -2.42. The van der Waals surface area contributed by atoms with Gasteiger partial charge in [0, 0.05) is 13.1 Å². The van der Waals surface area contributed by atoms with Gasteiger partial charge in [-0.2, -0.15) is 0 Å². The molecule has 1 fully saturated rings. The minimum absolute atomic E-state index is 0.0158. The van der Waals surface area contributed by atoms with Gasteiger partial charge in [-0.05, 0) is 50.3 Å². The smallest absolute Gasteiger partial charge is 0.271 e. The van der Waals surface area contributed by atoms with Crippen molar-refractivity contribution >= 4 is 52.1 Å². The molecule has 0 saturated heterocycles. The number of hydrogen-bond donors (Lipinski definition) is 4. The van der Waals surface area contributed by atoms with Gasteiger partial charge in [-0.3, -0.25) is 14.4 Å². The van der Waals surface area contributed by atoms with Crippen molar-refractivity contribution < 1.29 is 14.4 Å². The summed E-state index contributed by atoms with van der Waals surface area (Å²) in [7, 11) is 0. The summed E-state index contributed by atoms with van der Waals surface area (Å²) < 4.78 is 0. The summed E-state index contributed by atoms with van der Waals surface area (Å²) in [6.07, 6.45) is 3.58. The maximum absolute atomic E-state index is 13.0. The second-order valence-corrected chi connectivity index (χ2v) is 8.41. The highest BCUT2D eigenvalue weighted by atomic mass is 32.1. The molecule has 2 aromatic rings. The van der Waals surface area contributed by atoms with E-state index in [0.717, 1.165) is 16.9 Å². The van der Waals surface area contributed by atoms with Crippen molar-refractivity contribution in [1.82, 2.24) is 10.3 Å². The van der Waals surface area contributed by atoms with Gasteiger partial charge >= 0.3 is 0 Å². The SMILES string of the molecule is CC=NC(=O)C1(NC(=O)c2sc(NC(C)=O)nc2CCc2ccc(N=C(N)N)cc2)CC1. The highest BCUT2D eigenvalue weighted by Crippen LogP contribution is 2.37. The Bertz CT molecular complexity index is 1080. The lowest BCUT2D eigenvalue weighted by Gasteiger charge is -2.13. The zero-order chi connectivity index (χ0) is 23.3. The van der Waals surface area contributed by atoms with Crippen molar-refractivity contribution in [3.8, 4) is 0 Å². The molecule has 0 spiro atoms. The molecule has 0 aliphatic heterocycles. The fraction of sp³-hybridized carbons (Fsp3) is 0.333. The van der Waals surface area contributed by atoms with Gasteiger partial charge in [0.05, 0.1) is 11.4 Å². The molecular weight excluding hydrogens is 430 g/mol. The summed E-state index contributed by atoms with van der Waals surface area (Å²) in [5.74, 6) is -1.05. The molecule has 0 unspecified atom stereocenters. The number of aromatic nitrogens is 1. The summed E-state index contributed by atoms with van der Waals surface area (Å²) in [4.78, 5) is 49.3. The van der Waals surface area contributed by atoms with Crippen LogP contribution in [0.15, 0.2) is 34.3 Å². The van der Waals surface area contributed by atoms with Gasteiger partial charge in [0.2, 0.25) is 5.91 Å². The molecule has 1 aliphatic rings. The lowest BCUT2D eigenvalue weighted by molar-refractivity contribution is -0.120. The first-order valence-electron chi connectivity index (χ1n) is 10.0. The quantitative estimate of drug-likeness (QED) is 0.349. The van der Waals surface area contributed by atoms with E-state index in [1.807, 2.05) is 12.1 Å². The molecule has 1 aromatic carbocycles. The Morgan fingerprint density at radius 3 is 2.44 bits per heavy atom. The molecule has 3 rings (SSSR count). The van der Waals surface area contributed by atoms with Gasteiger partial charge in [0.15, 0.2) is 11.1 Å². The van der Waals surface area contributed by atoms with Crippen LogP contribution in [0.5, 0.6) is 0 Å². The minimum Gasteiger partial charge on any atom is -0.370 e. The number of guanidine groups is 1. The molecule has 32 heavy (non-hydrogen) atoms. The number of rotatable bonds is 8. The van der Waals surface area contributed by atoms with Gasteiger partial charge < -0.3 is 22.1 Å². The van der Waals surface area contributed by atoms with Gasteiger partial charge in [-0.25, -0.2) is 15.0 Å². The fourth-order valence-corrected chi connectivity index (χ4v) is 4.04. The van der Waals surface area contributed by atoms with E-state index in [2.05, 4.69) is 25.6 Å². The van der Waals surface area contributed by atoms with Crippen LogP contribution >= 0.6 is 11.3 Å². The van der Waals surface area contributed by atoms with E-state index in [1.54, 1.807) is 19.1 Å². The Labute approximate surface area is 189 Å². The van der Waals surface area contributed by atoms with E-state index < -0.39 is 11.4 Å². The van der Waals surface area contributed by atoms with E-state index >= 15 is 0 Å². The third-order valence-electron chi connectivity index (χ3n) is 4.79. The molecular formula is C21H25N7O3S. The Balaban J connectivity index is 1.77. The summed E-state index contributed by atoms with van der Waals surface area (Å²) in [5.41, 5.74) is 12.0. The predicted molar refractivity (Wildman–Crippen MR) is 124 cm³/mol. The summed E-state index contributed by atoms with van der Waals surface area (Å²) in [6, 6.07) is 7.37. The summed E-state index contributed by atoms with van der Waals surface area (Å²) in [6.45, 7) is 3.03. The van der Waals surface area contributed by atoms with E-state index in [-0.39, 0.29) is 17.8 Å². The van der Waals surface area contributed by atoms with E-state index in [4.69, 9.17) is 11.5 Å². The highest BCUT2D eigenvalue weighted by Gasteiger charge is 2.51. The second-order valence-electron chi connectivity index (χ2n) is 7.41. The maximum atomic E-state index is 13.0. The molecule has 1 aromatic heterocycles. The van der Waals surface area contributed by atoms with Crippen LogP contribution in [0.2, 0.25) is 0 Å². The Morgan fingerprint density at radius 2 is 1.88 bits per heavy atom. The average Bonchev–Trinajstić information content (AvgIpc) is 3.39. The Hall–Kier alpha value is -3.60.